The van der Waals surface area contributed by atoms with E-state index in [1.54, 1.807) is 25.1 Å². The summed E-state index contributed by atoms with van der Waals surface area (Å²) in [5.74, 6) is 1.98. The summed E-state index contributed by atoms with van der Waals surface area (Å²) < 4.78 is 11.5. The number of ether oxygens (including phenoxy) is 2. The number of benzene rings is 2. The van der Waals surface area contributed by atoms with E-state index in [1.165, 1.54) is 36.4 Å². The monoisotopic (exact) mass is 468 g/mol. The van der Waals surface area contributed by atoms with Crippen LogP contribution in [0.3, 0.4) is 0 Å². The van der Waals surface area contributed by atoms with Crippen LogP contribution in [0.15, 0.2) is 51.5 Å². The van der Waals surface area contributed by atoms with Crippen molar-refractivity contribution >= 4 is 45.3 Å². The van der Waals surface area contributed by atoms with Crippen LogP contribution in [0.5, 0.6) is 11.5 Å². The first-order chi connectivity index (χ1) is 14.3. The maximum absolute atomic E-state index is 12.9. The molecule has 30 heavy (non-hydrogen) atoms. The first kappa shape index (κ1) is 21.1. The van der Waals surface area contributed by atoms with E-state index in [0.29, 0.717) is 38.5 Å². The molecule has 7 nitrogen and oxygen atoms in total. The Morgan fingerprint density at radius 3 is 2.63 bits per heavy atom. The molecule has 1 amide bonds. The fourth-order valence-corrected chi connectivity index (χ4v) is 3.42. The SMILES string of the molecule is C#CCOc1c(Br)cc(C=C2C(=O)N(c3ccc(C(=O)O)cc3)N=C2C)cc1OC. The number of hydrogen-bond acceptors (Lipinski definition) is 5. The number of nitrogens with zero attached hydrogens (tertiary/aromatic N) is 2. The molecular formula is C22H17BrN2O5. The van der Waals surface area contributed by atoms with E-state index >= 15 is 0 Å². The van der Waals surface area contributed by atoms with E-state index in [1.807, 2.05) is 0 Å². The van der Waals surface area contributed by atoms with Crippen LogP contribution in [0.2, 0.25) is 0 Å². The third kappa shape index (κ3) is 4.21. The molecule has 1 heterocycles. The second-order valence-electron chi connectivity index (χ2n) is 6.24. The number of methoxy groups -OCH3 is 1. The van der Waals surface area contributed by atoms with Crippen LogP contribution in [0.1, 0.15) is 22.8 Å². The van der Waals surface area contributed by atoms with Gasteiger partial charge in [0.1, 0.15) is 6.61 Å². The number of carboxylic acid groups (broad SMARTS) is 1. The van der Waals surface area contributed by atoms with E-state index in [0.717, 1.165) is 0 Å². The van der Waals surface area contributed by atoms with Gasteiger partial charge < -0.3 is 14.6 Å². The van der Waals surface area contributed by atoms with Crippen molar-refractivity contribution in [3.63, 3.8) is 0 Å². The number of carbonyl (C=O) groups excluding carboxylic acids is 1. The van der Waals surface area contributed by atoms with Crippen molar-refractivity contribution in [2.24, 2.45) is 5.10 Å². The predicted octanol–water partition coefficient (Wildman–Crippen LogP) is 3.97. The first-order valence-electron chi connectivity index (χ1n) is 8.74. The van der Waals surface area contributed by atoms with Gasteiger partial charge in [-0.25, -0.2) is 4.79 Å². The minimum Gasteiger partial charge on any atom is -0.493 e. The van der Waals surface area contributed by atoms with Gasteiger partial charge in [0.05, 0.1) is 34.1 Å². The smallest absolute Gasteiger partial charge is 0.335 e. The summed E-state index contributed by atoms with van der Waals surface area (Å²) in [6.07, 6.45) is 6.95. The van der Waals surface area contributed by atoms with Gasteiger partial charge in [0.15, 0.2) is 11.5 Å². The normalized spacial score (nSPS) is 14.5. The number of hydrazone groups is 1. The Morgan fingerprint density at radius 2 is 2.03 bits per heavy atom. The van der Waals surface area contributed by atoms with Crippen LogP contribution in [0.4, 0.5) is 5.69 Å². The lowest BCUT2D eigenvalue weighted by atomic mass is 10.1. The summed E-state index contributed by atoms with van der Waals surface area (Å²) in [6, 6.07) is 9.44. The molecule has 1 aliphatic rings. The quantitative estimate of drug-likeness (QED) is 0.511. The van der Waals surface area contributed by atoms with Crippen LogP contribution in [-0.4, -0.2) is 36.4 Å². The van der Waals surface area contributed by atoms with Crippen molar-refractivity contribution in [1.29, 1.82) is 0 Å². The molecular weight excluding hydrogens is 452 g/mol. The molecule has 2 aromatic rings. The Kier molecular flexibility index (Phi) is 6.23. The zero-order valence-corrected chi connectivity index (χ0v) is 17.8. The van der Waals surface area contributed by atoms with Crippen LogP contribution < -0.4 is 14.5 Å². The average molecular weight is 469 g/mol. The highest BCUT2D eigenvalue weighted by Gasteiger charge is 2.29. The van der Waals surface area contributed by atoms with Gasteiger partial charge in [-0.3, -0.25) is 4.79 Å². The van der Waals surface area contributed by atoms with E-state index in [-0.39, 0.29) is 18.1 Å². The number of hydrogen-bond donors (Lipinski definition) is 1. The molecule has 0 saturated heterocycles. The van der Waals surface area contributed by atoms with Crippen molar-refractivity contribution < 1.29 is 24.2 Å². The van der Waals surface area contributed by atoms with Gasteiger partial charge in [-0.05, 0) is 70.9 Å². The molecule has 0 unspecified atom stereocenters. The maximum Gasteiger partial charge on any atom is 0.335 e. The van der Waals surface area contributed by atoms with E-state index in [9.17, 15) is 9.59 Å². The Labute approximate surface area is 181 Å². The molecule has 1 aliphatic heterocycles. The molecule has 0 bridgehead atoms. The molecule has 152 valence electrons. The molecule has 0 radical (unpaired) electrons. The number of anilines is 1. The van der Waals surface area contributed by atoms with Gasteiger partial charge in [0.25, 0.3) is 5.91 Å². The van der Waals surface area contributed by atoms with Crippen molar-refractivity contribution in [3.8, 4) is 23.8 Å². The lowest BCUT2D eigenvalue weighted by Crippen LogP contribution is -2.21. The van der Waals surface area contributed by atoms with Gasteiger partial charge in [0.2, 0.25) is 0 Å². The summed E-state index contributed by atoms with van der Waals surface area (Å²) in [7, 11) is 1.51. The Hall–Kier alpha value is -3.57. The van der Waals surface area contributed by atoms with Gasteiger partial charge in [-0.15, -0.1) is 6.42 Å². The maximum atomic E-state index is 12.9. The number of rotatable bonds is 6. The fourth-order valence-electron chi connectivity index (χ4n) is 2.85. The first-order valence-corrected chi connectivity index (χ1v) is 9.54. The third-order valence-corrected chi connectivity index (χ3v) is 4.87. The molecule has 0 saturated carbocycles. The largest absolute Gasteiger partial charge is 0.493 e. The Balaban J connectivity index is 1.92. The molecule has 0 atom stereocenters. The standard InChI is InChI=1S/C22H17BrN2O5/c1-4-9-30-20-18(23)11-14(12-19(20)29-3)10-17-13(2)24-25(21(17)26)16-7-5-15(6-8-16)22(27)28/h1,5-8,10-12H,9H2,2-3H3,(H,27,28). The number of halogens is 1. The zero-order chi connectivity index (χ0) is 21.8. The van der Waals surface area contributed by atoms with E-state index in [4.69, 9.17) is 21.0 Å². The highest BCUT2D eigenvalue weighted by molar-refractivity contribution is 9.10. The zero-order valence-electron chi connectivity index (χ0n) is 16.2. The Bertz CT molecular complexity index is 1110. The van der Waals surface area contributed by atoms with E-state index < -0.39 is 5.97 Å². The summed E-state index contributed by atoms with van der Waals surface area (Å²) in [4.78, 5) is 23.9. The molecule has 0 aromatic heterocycles. The Morgan fingerprint density at radius 1 is 1.33 bits per heavy atom. The molecule has 3 rings (SSSR count). The van der Waals surface area contributed by atoms with Crippen LogP contribution in [-0.2, 0) is 4.79 Å². The second-order valence-corrected chi connectivity index (χ2v) is 7.09. The number of terminal acetylenes is 1. The van der Waals surface area contributed by atoms with Crippen molar-refractivity contribution in [2.75, 3.05) is 18.7 Å². The lowest BCUT2D eigenvalue weighted by Gasteiger charge is -2.13. The topological polar surface area (TPSA) is 88.4 Å². The second kappa shape index (κ2) is 8.84. The fraction of sp³-hybridized carbons (Fsp3) is 0.136. The van der Waals surface area contributed by atoms with E-state index in [2.05, 4.69) is 27.0 Å². The summed E-state index contributed by atoms with van der Waals surface area (Å²) in [5.41, 5.74) is 2.25. The highest BCUT2D eigenvalue weighted by atomic mass is 79.9. The van der Waals surface area contributed by atoms with Crippen LogP contribution >= 0.6 is 15.9 Å². The molecule has 2 aromatic carbocycles. The van der Waals surface area contributed by atoms with Gasteiger partial charge in [-0.2, -0.15) is 10.1 Å². The molecule has 0 aliphatic carbocycles. The lowest BCUT2D eigenvalue weighted by molar-refractivity contribution is -0.114. The van der Waals surface area contributed by atoms with Crippen molar-refractivity contribution in [1.82, 2.24) is 0 Å². The number of amides is 1. The molecule has 0 fully saturated rings. The minimum atomic E-state index is -1.04. The summed E-state index contributed by atoms with van der Waals surface area (Å²) >= 11 is 3.44. The molecule has 0 spiro atoms. The molecule has 1 N–H and O–H groups in total. The number of aromatic carboxylic acids is 1. The van der Waals surface area contributed by atoms with Crippen LogP contribution in [0.25, 0.3) is 6.08 Å². The third-order valence-electron chi connectivity index (χ3n) is 4.28. The highest BCUT2D eigenvalue weighted by Crippen LogP contribution is 2.37. The van der Waals surface area contributed by atoms with Gasteiger partial charge in [-0.1, -0.05) is 5.92 Å². The minimum absolute atomic E-state index is 0.0925. The number of carboxylic acids is 1. The molecule has 8 heteroatoms. The summed E-state index contributed by atoms with van der Waals surface area (Å²) in [5, 5.41) is 14.6. The summed E-state index contributed by atoms with van der Waals surface area (Å²) in [6.45, 7) is 1.82. The van der Waals surface area contributed by atoms with Gasteiger partial charge in [0, 0.05) is 0 Å². The van der Waals surface area contributed by atoms with Crippen LogP contribution in [0, 0.1) is 12.3 Å². The predicted molar refractivity (Wildman–Crippen MR) is 117 cm³/mol. The van der Waals surface area contributed by atoms with Crippen molar-refractivity contribution in [2.45, 2.75) is 6.92 Å². The average Bonchev–Trinajstić information content (AvgIpc) is 3.01. The van der Waals surface area contributed by atoms with Crippen molar-refractivity contribution in [3.05, 3.63) is 57.6 Å². The number of carbonyl (C=O) groups is 2. The van der Waals surface area contributed by atoms with Gasteiger partial charge >= 0.3 is 5.97 Å².